The maximum atomic E-state index is 11.8. The van der Waals surface area contributed by atoms with E-state index in [0.717, 1.165) is 21.3 Å². The van der Waals surface area contributed by atoms with E-state index < -0.39 is 23.6 Å². The van der Waals surface area contributed by atoms with Crippen LogP contribution in [0.1, 0.15) is 39.6 Å². The molecule has 208 valence electrons. The van der Waals surface area contributed by atoms with E-state index in [-0.39, 0.29) is 36.7 Å². The lowest BCUT2D eigenvalue weighted by Gasteiger charge is -2.43. The lowest BCUT2D eigenvalue weighted by molar-refractivity contribution is -0.166. The van der Waals surface area contributed by atoms with Crippen molar-refractivity contribution in [2.75, 3.05) is 13.2 Å². The molecule has 0 amide bonds. The summed E-state index contributed by atoms with van der Waals surface area (Å²) in [5, 5.41) is 25.5. The van der Waals surface area contributed by atoms with E-state index in [1.807, 2.05) is 24.3 Å². The number of hydrogen-bond donors (Lipinski definition) is 2. The van der Waals surface area contributed by atoms with Crippen LogP contribution >= 0.6 is 39.1 Å². The summed E-state index contributed by atoms with van der Waals surface area (Å²) in [7, 11) is 0. The molecule has 2 aliphatic heterocycles. The molecule has 0 unspecified atom stereocenters. The van der Waals surface area contributed by atoms with Crippen LogP contribution < -0.4 is 0 Å². The fourth-order valence-electron chi connectivity index (χ4n) is 6.53. The van der Waals surface area contributed by atoms with Crippen LogP contribution in [-0.4, -0.2) is 47.3 Å². The van der Waals surface area contributed by atoms with Gasteiger partial charge in [-0.3, -0.25) is 0 Å². The maximum Gasteiger partial charge on any atom is 0.335 e. The first-order valence-corrected chi connectivity index (χ1v) is 14.5. The Labute approximate surface area is 249 Å². The molecule has 7 nitrogen and oxygen atoms in total. The fraction of sp³-hybridized carbons (Fsp3) is 0.333. The van der Waals surface area contributed by atoms with Crippen LogP contribution in [0.3, 0.4) is 0 Å². The summed E-state index contributed by atoms with van der Waals surface area (Å²) in [6.07, 6.45) is -0.920. The molecule has 2 heterocycles. The van der Waals surface area contributed by atoms with Crippen molar-refractivity contribution >= 4 is 50.8 Å². The Bertz CT molecular complexity index is 1470. The molecule has 3 fully saturated rings. The molecular formula is C30H26BrCl2NO6. The summed E-state index contributed by atoms with van der Waals surface area (Å²) in [5.74, 6) is -1.37. The number of benzene rings is 3. The van der Waals surface area contributed by atoms with Crippen molar-refractivity contribution < 1.29 is 29.3 Å². The van der Waals surface area contributed by atoms with Crippen molar-refractivity contribution in [3.05, 3.63) is 104 Å². The molecule has 1 saturated carbocycles. The van der Waals surface area contributed by atoms with Gasteiger partial charge in [-0.1, -0.05) is 74.6 Å². The van der Waals surface area contributed by atoms with Gasteiger partial charge in [-0.25, -0.2) is 4.79 Å². The average molecular weight is 647 g/mol. The molecule has 2 saturated heterocycles. The van der Waals surface area contributed by atoms with Crippen molar-refractivity contribution in [3.63, 3.8) is 0 Å². The normalized spacial score (nSPS) is 29.9. The highest BCUT2D eigenvalue weighted by Crippen LogP contribution is 2.61. The summed E-state index contributed by atoms with van der Waals surface area (Å²) in [6, 6.07) is 20.3. The topological polar surface area (TPSA) is 97.6 Å². The first-order chi connectivity index (χ1) is 19.3. The Morgan fingerprint density at radius 3 is 2.62 bits per heavy atom. The summed E-state index contributed by atoms with van der Waals surface area (Å²) in [6.45, 7) is 0.413. The van der Waals surface area contributed by atoms with E-state index in [9.17, 15) is 15.0 Å². The van der Waals surface area contributed by atoms with Crippen molar-refractivity contribution in [2.24, 2.45) is 17.0 Å². The van der Waals surface area contributed by atoms with Crippen molar-refractivity contribution in [1.29, 1.82) is 0 Å². The van der Waals surface area contributed by atoms with Crippen molar-refractivity contribution in [3.8, 4) is 0 Å². The Morgan fingerprint density at radius 1 is 1.10 bits per heavy atom. The molecule has 40 heavy (non-hydrogen) atoms. The number of oxime groups is 1. The molecule has 3 aromatic rings. The molecule has 2 N–H and O–H groups in total. The standard InChI is InChI=1S/C30H26BrCl2NO6/c31-20-7-5-19(6-8-20)30-12-23(34-39-14-16-4-9-21(32)22(33)10-16)25-26(30)28(38-15-30)24(13-35)40-27(25)17-2-1-3-18(11-17)29(36)37/h1-11,24-28,35H,12-15H2,(H,36,37)/t24-,25-,26+,27-,28-,30-/m1/s1. The highest BCUT2D eigenvalue weighted by atomic mass is 79.9. The van der Waals surface area contributed by atoms with Gasteiger partial charge in [0.1, 0.15) is 12.7 Å². The zero-order valence-corrected chi connectivity index (χ0v) is 24.3. The minimum atomic E-state index is -1.02. The monoisotopic (exact) mass is 645 g/mol. The molecule has 1 aliphatic carbocycles. The van der Waals surface area contributed by atoms with E-state index in [0.29, 0.717) is 28.6 Å². The molecule has 6 rings (SSSR count). The summed E-state index contributed by atoms with van der Waals surface area (Å²) >= 11 is 15.8. The second-order valence-electron chi connectivity index (χ2n) is 10.5. The van der Waals surface area contributed by atoms with E-state index in [2.05, 4.69) is 33.2 Å². The number of halogens is 3. The number of carbonyl (C=O) groups is 1. The van der Waals surface area contributed by atoms with Gasteiger partial charge in [0.05, 0.1) is 46.7 Å². The summed E-state index contributed by atoms with van der Waals surface area (Å²) < 4.78 is 13.8. The smallest absolute Gasteiger partial charge is 0.335 e. The lowest BCUT2D eigenvalue weighted by Crippen LogP contribution is -2.50. The largest absolute Gasteiger partial charge is 0.478 e. The number of aliphatic hydroxyl groups excluding tert-OH is 1. The summed E-state index contributed by atoms with van der Waals surface area (Å²) in [4.78, 5) is 17.7. The second kappa shape index (κ2) is 11.1. The van der Waals surface area contributed by atoms with Crippen LogP contribution in [0.2, 0.25) is 10.0 Å². The molecule has 0 aromatic heterocycles. The van der Waals surface area contributed by atoms with Gasteiger partial charge in [-0.15, -0.1) is 0 Å². The SMILES string of the molecule is O=C(O)c1cccc([C@H]2O[C@H](CO)[C@H]3OC[C@@]4(c5ccc(Br)cc5)CC(=NOCc5ccc(Cl)c(Cl)c5)[C@@H]2[C@@H]34)c1. The van der Waals surface area contributed by atoms with Gasteiger partial charge in [-0.2, -0.15) is 0 Å². The number of aromatic carboxylic acids is 1. The number of carboxylic acids is 1. The van der Waals surface area contributed by atoms with Crippen molar-refractivity contribution in [2.45, 2.75) is 36.8 Å². The molecular weight excluding hydrogens is 621 g/mol. The third kappa shape index (κ3) is 4.85. The highest BCUT2D eigenvalue weighted by Gasteiger charge is 2.66. The lowest BCUT2D eigenvalue weighted by atomic mass is 9.67. The van der Waals surface area contributed by atoms with Gasteiger partial charge in [0, 0.05) is 28.1 Å². The van der Waals surface area contributed by atoms with Gasteiger partial charge < -0.3 is 24.5 Å². The predicted octanol–water partition coefficient (Wildman–Crippen LogP) is 6.43. The van der Waals surface area contributed by atoms with Crippen LogP contribution in [-0.2, 0) is 26.3 Å². The molecule has 0 bridgehead atoms. The molecule has 10 heteroatoms. The van der Waals surface area contributed by atoms with Gasteiger partial charge in [-0.05, 0) is 53.1 Å². The van der Waals surface area contributed by atoms with Crippen molar-refractivity contribution in [1.82, 2.24) is 0 Å². The van der Waals surface area contributed by atoms with Crippen LogP contribution in [0.15, 0.2) is 76.4 Å². The van der Waals surface area contributed by atoms with Gasteiger partial charge >= 0.3 is 5.97 Å². The number of carboxylic acid groups (broad SMARTS) is 1. The second-order valence-corrected chi connectivity index (χ2v) is 12.2. The van der Waals surface area contributed by atoms with E-state index in [4.69, 9.17) is 37.5 Å². The zero-order valence-electron chi connectivity index (χ0n) is 21.2. The van der Waals surface area contributed by atoms with E-state index in [1.165, 1.54) is 0 Å². The number of aliphatic hydroxyl groups is 1. The highest BCUT2D eigenvalue weighted by molar-refractivity contribution is 9.10. The number of hydrogen-bond acceptors (Lipinski definition) is 6. The predicted molar refractivity (Wildman–Crippen MR) is 154 cm³/mol. The van der Waals surface area contributed by atoms with Gasteiger partial charge in [0.15, 0.2) is 0 Å². The Hall–Kier alpha value is -2.46. The number of rotatable bonds is 7. The molecule has 0 radical (unpaired) electrons. The fourth-order valence-corrected chi connectivity index (χ4v) is 7.12. The quantitative estimate of drug-likeness (QED) is 0.287. The zero-order chi connectivity index (χ0) is 28.0. The first-order valence-electron chi connectivity index (χ1n) is 12.9. The third-order valence-corrected chi connectivity index (χ3v) is 9.53. The Kier molecular flexibility index (Phi) is 7.67. The maximum absolute atomic E-state index is 11.8. The van der Waals surface area contributed by atoms with Crippen LogP contribution in [0.4, 0.5) is 0 Å². The molecule has 0 spiro atoms. The Balaban J connectivity index is 1.42. The molecule has 3 aromatic carbocycles. The first kappa shape index (κ1) is 27.7. The van der Waals surface area contributed by atoms with Gasteiger partial charge in [0.25, 0.3) is 0 Å². The van der Waals surface area contributed by atoms with E-state index in [1.54, 1.807) is 30.3 Å². The minimum Gasteiger partial charge on any atom is -0.478 e. The molecule has 6 atom stereocenters. The third-order valence-electron chi connectivity index (χ3n) is 8.27. The van der Waals surface area contributed by atoms with Crippen LogP contribution in [0, 0.1) is 11.8 Å². The minimum absolute atomic E-state index is 0.0783. The Morgan fingerprint density at radius 2 is 1.90 bits per heavy atom. The van der Waals surface area contributed by atoms with Crippen LogP contribution in [0.5, 0.6) is 0 Å². The number of nitrogens with zero attached hydrogens (tertiary/aromatic N) is 1. The van der Waals surface area contributed by atoms with Gasteiger partial charge in [0.2, 0.25) is 0 Å². The molecule has 3 aliphatic rings. The average Bonchev–Trinajstić information content (AvgIpc) is 3.50. The van der Waals surface area contributed by atoms with E-state index >= 15 is 0 Å². The number of ether oxygens (including phenoxy) is 2. The van der Waals surface area contributed by atoms with Crippen LogP contribution in [0.25, 0.3) is 0 Å². The summed E-state index contributed by atoms with van der Waals surface area (Å²) in [5.41, 5.74) is 3.20.